The van der Waals surface area contributed by atoms with Gasteiger partial charge in [-0.15, -0.1) is 13.2 Å². The fourth-order valence-corrected chi connectivity index (χ4v) is 1.98. The molecule has 20 heavy (non-hydrogen) atoms. The standard InChI is InChI=1S/C14H11ClF3NO/c15-13-6-1-9(8-19)7-12(13)10-2-4-11(5-3-10)20-14(16,17)18/h1-7H,8,19H2. The van der Waals surface area contributed by atoms with Crippen LogP contribution in [0, 0.1) is 0 Å². The SMILES string of the molecule is NCc1ccc(Cl)c(-c2ccc(OC(F)(F)F)cc2)c1. The summed E-state index contributed by atoms with van der Waals surface area (Å²) >= 11 is 6.08. The van der Waals surface area contributed by atoms with Gasteiger partial charge < -0.3 is 10.5 Å². The fraction of sp³-hybridized carbons (Fsp3) is 0.143. The van der Waals surface area contributed by atoms with Crippen molar-refractivity contribution < 1.29 is 17.9 Å². The Kier molecular flexibility index (Phi) is 4.20. The summed E-state index contributed by atoms with van der Waals surface area (Å²) in [6.07, 6.45) is -4.70. The molecule has 2 nitrogen and oxygen atoms in total. The van der Waals surface area contributed by atoms with Gasteiger partial charge in [0, 0.05) is 17.1 Å². The summed E-state index contributed by atoms with van der Waals surface area (Å²) < 4.78 is 40.0. The highest BCUT2D eigenvalue weighted by Crippen LogP contribution is 2.31. The Bertz CT molecular complexity index is 596. The smallest absolute Gasteiger partial charge is 0.406 e. The molecule has 2 rings (SSSR count). The normalized spacial score (nSPS) is 11.4. The Hall–Kier alpha value is -1.72. The third-order valence-corrected chi connectivity index (χ3v) is 2.99. The van der Waals surface area contributed by atoms with Crippen molar-refractivity contribution in [3.05, 3.63) is 53.1 Å². The minimum Gasteiger partial charge on any atom is -0.406 e. The number of halogens is 4. The highest BCUT2D eigenvalue weighted by molar-refractivity contribution is 6.33. The summed E-state index contributed by atoms with van der Waals surface area (Å²) in [5.41, 5.74) is 7.85. The van der Waals surface area contributed by atoms with Gasteiger partial charge in [0.25, 0.3) is 0 Å². The van der Waals surface area contributed by atoms with Crippen molar-refractivity contribution in [1.29, 1.82) is 0 Å². The second kappa shape index (κ2) is 5.73. The first-order valence-electron chi connectivity index (χ1n) is 5.74. The monoisotopic (exact) mass is 301 g/mol. The molecule has 0 saturated carbocycles. The molecule has 0 heterocycles. The van der Waals surface area contributed by atoms with E-state index in [2.05, 4.69) is 4.74 Å². The lowest BCUT2D eigenvalue weighted by molar-refractivity contribution is -0.274. The van der Waals surface area contributed by atoms with Crippen LogP contribution in [0.3, 0.4) is 0 Å². The molecule has 2 aromatic carbocycles. The van der Waals surface area contributed by atoms with Gasteiger partial charge in [-0.25, -0.2) is 0 Å². The number of hydrogen-bond acceptors (Lipinski definition) is 2. The zero-order valence-corrected chi connectivity index (χ0v) is 11.0. The summed E-state index contributed by atoms with van der Waals surface area (Å²) in [5, 5.41) is 0.506. The average Bonchev–Trinajstić information content (AvgIpc) is 2.39. The van der Waals surface area contributed by atoms with E-state index in [1.54, 1.807) is 12.1 Å². The first-order chi connectivity index (χ1) is 9.39. The lowest BCUT2D eigenvalue weighted by atomic mass is 10.0. The molecular weight excluding hydrogens is 291 g/mol. The maximum Gasteiger partial charge on any atom is 0.573 e. The van der Waals surface area contributed by atoms with E-state index < -0.39 is 6.36 Å². The third kappa shape index (κ3) is 3.65. The zero-order valence-electron chi connectivity index (χ0n) is 10.2. The zero-order chi connectivity index (χ0) is 14.8. The molecule has 0 aliphatic rings. The molecule has 0 atom stereocenters. The van der Waals surface area contributed by atoms with Crippen LogP contribution < -0.4 is 10.5 Å². The molecule has 0 aliphatic heterocycles. The quantitative estimate of drug-likeness (QED) is 0.914. The number of alkyl halides is 3. The van der Waals surface area contributed by atoms with Crippen molar-refractivity contribution in [2.24, 2.45) is 5.73 Å². The molecule has 0 spiro atoms. The van der Waals surface area contributed by atoms with Gasteiger partial charge in [-0.05, 0) is 35.4 Å². The second-order valence-corrected chi connectivity index (χ2v) is 4.50. The Balaban J connectivity index is 2.30. The van der Waals surface area contributed by atoms with Crippen molar-refractivity contribution in [1.82, 2.24) is 0 Å². The minimum absolute atomic E-state index is 0.271. The number of hydrogen-bond donors (Lipinski definition) is 1. The molecule has 0 radical (unpaired) electrons. The van der Waals surface area contributed by atoms with Crippen molar-refractivity contribution in [2.75, 3.05) is 0 Å². The van der Waals surface area contributed by atoms with Crippen LogP contribution >= 0.6 is 11.6 Å². The number of ether oxygens (including phenoxy) is 1. The Morgan fingerprint density at radius 2 is 1.70 bits per heavy atom. The molecular formula is C14H11ClF3NO. The van der Waals surface area contributed by atoms with E-state index in [1.807, 2.05) is 6.07 Å². The van der Waals surface area contributed by atoms with Gasteiger partial charge in [0.1, 0.15) is 5.75 Å². The van der Waals surface area contributed by atoms with Gasteiger partial charge in [-0.1, -0.05) is 29.8 Å². The van der Waals surface area contributed by atoms with Gasteiger partial charge in [0.05, 0.1) is 0 Å². The first kappa shape index (κ1) is 14.7. The van der Waals surface area contributed by atoms with Crippen molar-refractivity contribution in [3.63, 3.8) is 0 Å². The van der Waals surface area contributed by atoms with E-state index in [-0.39, 0.29) is 5.75 Å². The van der Waals surface area contributed by atoms with Crippen molar-refractivity contribution in [2.45, 2.75) is 12.9 Å². The topological polar surface area (TPSA) is 35.2 Å². The van der Waals surface area contributed by atoms with Gasteiger partial charge >= 0.3 is 6.36 Å². The van der Waals surface area contributed by atoms with E-state index >= 15 is 0 Å². The van der Waals surface area contributed by atoms with Crippen LogP contribution in [0.5, 0.6) is 5.75 Å². The van der Waals surface area contributed by atoms with Crippen LogP contribution in [-0.2, 0) is 6.54 Å². The second-order valence-electron chi connectivity index (χ2n) is 4.09. The lowest BCUT2D eigenvalue weighted by Crippen LogP contribution is -2.16. The number of benzene rings is 2. The van der Waals surface area contributed by atoms with Crippen LogP contribution in [0.25, 0.3) is 11.1 Å². The third-order valence-electron chi connectivity index (χ3n) is 2.67. The molecule has 0 fully saturated rings. The summed E-state index contributed by atoms with van der Waals surface area (Å²) in [5.74, 6) is -0.271. The molecule has 0 amide bonds. The summed E-state index contributed by atoms with van der Waals surface area (Å²) in [4.78, 5) is 0. The van der Waals surface area contributed by atoms with E-state index in [0.29, 0.717) is 22.7 Å². The first-order valence-corrected chi connectivity index (χ1v) is 6.11. The molecule has 2 N–H and O–H groups in total. The Labute approximate surface area is 118 Å². The van der Waals surface area contributed by atoms with Gasteiger partial charge in [0.2, 0.25) is 0 Å². The van der Waals surface area contributed by atoms with Gasteiger partial charge in [-0.2, -0.15) is 0 Å². The predicted molar refractivity (Wildman–Crippen MR) is 71.5 cm³/mol. The van der Waals surface area contributed by atoms with Crippen molar-refractivity contribution in [3.8, 4) is 16.9 Å². The van der Waals surface area contributed by atoms with Crippen LogP contribution in [0.15, 0.2) is 42.5 Å². The summed E-state index contributed by atoms with van der Waals surface area (Å²) in [7, 11) is 0. The van der Waals surface area contributed by atoms with Gasteiger partial charge in [0.15, 0.2) is 0 Å². The molecule has 106 valence electrons. The van der Waals surface area contributed by atoms with E-state index in [0.717, 1.165) is 5.56 Å². The maximum absolute atomic E-state index is 12.1. The fourth-order valence-electron chi connectivity index (χ4n) is 1.76. The summed E-state index contributed by atoms with van der Waals surface area (Å²) in [6, 6.07) is 10.8. The lowest BCUT2D eigenvalue weighted by Gasteiger charge is -2.10. The minimum atomic E-state index is -4.70. The molecule has 6 heteroatoms. The highest BCUT2D eigenvalue weighted by atomic mass is 35.5. The largest absolute Gasteiger partial charge is 0.573 e. The number of rotatable bonds is 3. The van der Waals surface area contributed by atoms with Gasteiger partial charge in [-0.3, -0.25) is 0 Å². The van der Waals surface area contributed by atoms with Crippen LogP contribution in [0.2, 0.25) is 5.02 Å². The molecule has 0 aliphatic carbocycles. The van der Waals surface area contributed by atoms with Crippen molar-refractivity contribution >= 4 is 11.6 Å². The van der Waals surface area contributed by atoms with E-state index in [4.69, 9.17) is 17.3 Å². The molecule has 0 saturated heterocycles. The molecule has 0 unspecified atom stereocenters. The molecule has 2 aromatic rings. The predicted octanol–water partition coefficient (Wildman–Crippen LogP) is 4.36. The molecule has 0 bridgehead atoms. The summed E-state index contributed by atoms with van der Waals surface area (Å²) in [6.45, 7) is 0.361. The number of nitrogens with two attached hydrogens (primary N) is 1. The Morgan fingerprint density at radius 1 is 1.05 bits per heavy atom. The van der Waals surface area contributed by atoms with E-state index in [1.165, 1.54) is 24.3 Å². The molecule has 0 aromatic heterocycles. The van der Waals surface area contributed by atoms with Crippen LogP contribution in [-0.4, -0.2) is 6.36 Å². The highest BCUT2D eigenvalue weighted by Gasteiger charge is 2.30. The van der Waals surface area contributed by atoms with Crippen LogP contribution in [0.1, 0.15) is 5.56 Å². The Morgan fingerprint density at radius 3 is 2.25 bits per heavy atom. The van der Waals surface area contributed by atoms with Crippen LogP contribution in [0.4, 0.5) is 13.2 Å². The maximum atomic E-state index is 12.1. The average molecular weight is 302 g/mol. The van der Waals surface area contributed by atoms with E-state index in [9.17, 15) is 13.2 Å².